The number of nitrogens with one attached hydrogen (secondary N) is 1. The molecular weight excluding hydrogens is 483 g/mol. The van der Waals surface area contributed by atoms with E-state index in [1.54, 1.807) is 39.5 Å². The number of anilines is 1. The highest BCUT2D eigenvalue weighted by Crippen LogP contribution is 2.30. The van der Waals surface area contributed by atoms with Crippen LogP contribution in [0.4, 0.5) is 10.3 Å². The SMILES string of the molecule is CC(C)n1cc(-c2ccnc(NC3CCC(N4CCCS4(=O)=O)CC3)n2)n(-c2ccc(F)cc2)c1=O. The van der Waals surface area contributed by atoms with Crippen molar-refractivity contribution < 1.29 is 12.8 Å². The Morgan fingerprint density at radius 3 is 2.44 bits per heavy atom. The molecule has 1 saturated carbocycles. The summed E-state index contributed by atoms with van der Waals surface area (Å²) < 4.78 is 42.9. The Kier molecular flexibility index (Phi) is 6.69. The third-order valence-corrected chi connectivity index (χ3v) is 9.05. The number of rotatable bonds is 6. The fraction of sp³-hybridized carbons (Fsp3) is 0.480. The van der Waals surface area contributed by atoms with Crippen LogP contribution in [0.25, 0.3) is 17.1 Å². The van der Waals surface area contributed by atoms with Crippen LogP contribution < -0.4 is 11.0 Å². The average Bonchev–Trinajstić information content (AvgIpc) is 3.39. The van der Waals surface area contributed by atoms with E-state index in [0.29, 0.717) is 36.0 Å². The van der Waals surface area contributed by atoms with Crippen LogP contribution in [0.15, 0.2) is 47.5 Å². The van der Waals surface area contributed by atoms with Gasteiger partial charge < -0.3 is 5.32 Å². The maximum atomic E-state index is 13.5. The van der Waals surface area contributed by atoms with Gasteiger partial charge in [0, 0.05) is 37.1 Å². The van der Waals surface area contributed by atoms with E-state index in [2.05, 4.69) is 10.3 Å². The maximum Gasteiger partial charge on any atom is 0.333 e. The zero-order chi connectivity index (χ0) is 25.4. The van der Waals surface area contributed by atoms with Gasteiger partial charge in [-0.05, 0) is 76.3 Å². The minimum atomic E-state index is -3.10. The number of sulfonamides is 1. The Morgan fingerprint density at radius 1 is 1.08 bits per heavy atom. The van der Waals surface area contributed by atoms with Gasteiger partial charge in [-0.25, -0.2) is 27.6 Å². The summed E-state index contributed by atoms with van der Waals surface area (Å²) in [4.78, 5) is 22.3. The smallest absolute Gasteiger partial charge is 0.333 e. The molecule has 5 rings (SSSR count). The molecule has 11 heteroatoms. The summed E-state index contributed by atoms with van der Waals surface area (Å²) in [5, 5.41) is 3.40. The topological polar surface area (TPSA) is 102 Å². The summed E-state index contributed by atoms with van der Waals surface area (Å²) in [5.41, 5.74) is 1.49. The Hall–Kier alpha value is -3.05. The fourth-order valence-corrected chi connectivity index (χ4v) is 6.98. The van der Waals surface area contributed by atoms with E-state index in [4.69, 9.17) is 4.98 Å². The van der Waals surface area contributed by atoms with Crippen LogP contribution in [-0.2, 0) is 10.0 Å². The van der Waals surface area contributed by atoms with Gasteiger partial charge in [-0.3, -0.25) is 9.13 Å². The molecule has 1 N–H and O–H groups in total. The number of nitrogens with zero attached hydrogens (tertiary/aromatic N) is 5. The molecule has 0 spiro atoms. The third kappa shape index (κ3) is 4.81. The van der Waals surface area contributed by atoms with Gasteiger partial charge in [0.2, 0.25) is 16.0 Å². The summed E-state index contributed by atoms with van der Waals surface area (Å²) in [7, 11) is -3.10. The molecule has 9 nitrogen and oxygen atoms in total. The zero-order valence-electron chi connectivity index (χ0n) is 20.5. The van der Waals surface area contributed by atoms with E-state index in [-0.39, 0.29) is 35.4 Å². The molecular formula is C25H31FN6O3S. The lowest BCUT2D eigenvalue weighted by atomic mass is 9.91. The molecule has 192 valence electrons. The summed E-state index contributed by atoms with van der Waals surface area (Å²) in [6.45, 7) is 4.48. The van der Waals surface area contributed by atoms with Gasteiger partial charge in [-0.15, -0.1) is 0 Å². The zero-order valence-corrected chi connectivity index (χ0v) is 21.3. The highest BCUT2D eigenvalue weighted by Gasteiger charge is 2.36. The Morgan fingerprint density at radius 2 is 1.81 bits per heavy atom. The van der Waals surface area contributed by atoms with E-state index in [9.17, 15) is 17.6 Å². The predicted octanol–water partition coefficient (Wildman–Crippen LogP) is 3.57. The normalized spacial score (nSPS) is 22.2. The first kappa shape index (κ1) is 24.6. The first-order chi connectivity index (χ1) is 17.2. The van der Waals surface area contributed by atoms with Crippen molar-refractivity contribution in [1.29, 1.82) is 0 Å². The van der Waals surface area contributed by atoms with Crippen molar-refractivity contribution in [2.75, 3.05) is 17.6 Å². The van der Waals surface area contributed by atoms with Crippen molar-refractivity contribution in [3.63, 3.8) is 0 Å². The number of benzene rings is 1. The van der Waals surface area contributed by atoms with Crippen molar-refractivity contribution in [2.45, 2.75) is 64.1 Å². The molecule has 0 amide bonds. The van der Waals surface area contributed by atoms with Crippen molar-refractivity contribution in [3.8, 4) is 17.1 Å². The second-order valence-corrected chi connectivity index (χ2v) is 11.8. The standard InChI is InChI=1S/C25H31FN6O3S/c1-17(2)30-16-23(32(25(30)33)21-8-4-18(26)5-9-21)22-12-13-27-24(29-22)28-19-6-10-20(11-7-19)31-14-3-15-36(31,34)35/h4-5,8-9,12-13,16-17,19-20H,3,6-7,10-11,14-15H2,1-2H3,(H,27,28,29). The van der Waals surface area contributed by atoms with Crippen LogP contribution in [0.3, 0.4) is 0 Å². The fourth-order valence-electron chi connectivity index (χ4n) is 5.18. The molecule has 0 radical (unpaired) electrons. The lowest BCUT2D eigenvalue weighted by Crippen LogP contribution is -2.41. The molecule has 3 heterocycles. The summed E-state index contributed by atoms with van der Waals surface area (Å²) in [5.74, 6) is 0.343. The molecule has 2 fully saturated rings. The molecule has 0 atom stereocenters. The second-order valence-electron chi connectivity index (χ2n) is 9.81. The second kappa shape index (κ2) is 9.78. The van der Waals surface area contributed by atoms with Gasteiger partial charge in [0.15, 0.2) is 0 Å². The van der Waals surface area contributed by atoms with Gasteiger partial charge in [-0.1, -0.05) is 0 Å². The summed E-state index contributed by atoms with van der Waals surface area (Å²) >= 11 is 0. The van der Waals surface area contributed by atoms with E-state index in [1.165, 1.54) is 16.7 Å². The monoisotopic (exact) mass is 514 g/mol. The van der Waals surface area contributed by atoms with Crippen molar-refractivity contribution in [1.82, 2.24) is 23.4 Å². The first-order valence-corrected chi connectivity index (χ1v) is 14.0. The van der Waals surface area contributed by atoms with Crippen LogP contribution in [0, 0.1) is 5.82 Å². The molecule has 1 saturated heterocycles. The van der Waals surface area contributed by atoms with E-state index < -0.39 is 10.0 Å². The number of hydrogen-bond donors (Lipinski definition) is 1. The number of aromatic nitrogens is 4. The highest BCUT2D eigenvalue weighted by molar-refractivity contribution is 7.89. The van der Waals surface area contributed by atoms with E-state index in [1.807, 2.05) is 13.8 Å². The minimum Gasteiger partial charge on any atom is -0.351 e. The Balaban J connectivity index is 1.37. The summed E-state index contributed by atoms with van der Waals surface area (Å²) in [6, 6.07) is 7.70. The van der Waals surface area contributed by atoms with E-state index in [0.717, 1.165) is 25.7 Å². The van der Waals surface area contributed by atoms with E-state index >= 15 is 0 Å². The summed E-state index contributed by atoms with van der Waals surface area (Å²) in [6.07, 6.45) is 7.39. The lowest BCUT2D eigenvalue weighted by Gasteiger charge is -2.33. The quantitative estimate of drug-likeness (QED) is 0.540. The van der Waals surface area contributed by atoms with Gasteiger partial charge >= 0.3 is 5.69 Å². The van der Waals surface area contributed by atoms with Gasteiger partial charge in [0.25, 0.3) is 0 Å². The van der Waals surface area contributed by atoms with Crippen molar-refractivity contribution >= 4 is 16.0 Å². The molecule has 1 aliphatic carbocycles. The molecule has 1 aliphatic heterocycles. The van der Waals surface area contributed by atoms with Crippen LogP contribution in [0.2, 0.25) is 0 Å². The minimum absolute atomic E-state index is 0.0630. The van der Waals surface area contributed by atoms with Gasteiger partial charge in [0.1, 0.15) is 5.82 Å². The molecule has 0 unspecified atom stereocenters. The van der Waals surface area contributed by atoms with Crippen LogP contribution >= 0.6 is 0 Å². The van der Waals surface area contributed by atoms with Crippen molar-refractivity contribution in [3.05, 3.63) is 59.0 Å². The van der Waals surface area contributed by atoms with Crippen LogP contribution in [0.1, 0.15) is 52.0 Å². The molecule has 3 aromatic rings. The lowest BCUT2D eigenvalue weighted by molar-refractivity contribution is 0.257. The van der Waals surface area contributed by atoms with Crippen LogP contribution in [0.5, 0.6) is 0 Å². The molecule has 2 aromatic heterocycles. The molecule has 1 aromatic carbocycles. The Bertz CT molecular complexity index is 1390. The largest absolute Gasteiger partial charge is 0.351 e. The predicted molar refractivity (Wildman–Crippen MR) is 136 cm³/mol. The molecule has 0 bridgehead atoms. The molecule has 2 aliphatic rings. The average molecular weight is 515 g/mol. The highest BCUT2D eigenvalue weighted by atomic mass is 32.2. The number of halogens is 1. The van der Waals surface area contributed by atoms with Gasteiger partial charge in [0.05, 0.1) is 22.8 Å². The van der Waals surface area contributed by atoms with Gasteiger partial charge in [-0.2, -0.15) is 4.31 Å². The van der Waals surface area contributed by atoms with Crippen molar-refractivity contribution in [2.24, 2.45) is 0 Å². The maximum absolute atomic E-state index is 13.5. The number of imidazole rings is 1. The molecule has 36 heavy (non-hydrogen) atoms. The van der Waals surface area contributed by atoms with Crippen LogP contribution in [-0.4, -0.2) is 56.2 Å². The third-order valence-electron chi connectivity index (χ3n) is 7.05. The Labute approximate surface area is 210 Å². The number of hydrogen-bond acceptors (Lipinski definition) is 6. The first-order valence-electron chi connectivity index (χ1n) is 12.4.